The van der Waals surface area contributed by atoms with Gasteiger partial charge in [0.05, 0.1) is 41.4 Å². The van der Waals surface area contributed by atoms with Crippen molar-refractivity contribution in [2.45, 2.75) is 43.9 Å². The van der Waals surface area contributed by atoms with Crippen LogP contribution in [0.25, 0.3) is 0 Å². The first-order chi connectivity index (χ1) is 24.2. The summed E-state index contributed by atoms with van der Waals surface area (Å²) in [4.78, 5) is 66.4. The fourth-order valence-electron chi connectivity index (χ4n) is 5.49. The van der Waals surface area contributed by atoms with Crippen LogP contribution in [0.3, 0.4) is 0 Å². The minimum absolute atomic E-state index is 0.0682. The number of rotatable bonds is 12. The van der Waals surface area contributed by atoms with E-state index in [1.54, 1.807) is 104 Å². The molecule has 1 saturated heterocycles. The van der Waals surface area contributed by atoms with E-state index < -0.39 is 72.9 Å². The SMILES string of the molecule is COC(=O)[C@@H](C)C[C@H]1O[C@H](COC(=O)c2ccccc2)[C@@H](OC(=O)c2ccccc2)[C@H](OC(=O)c2ccccc2)[C@H]1OC(=O)c1ccccc1. The van der Waals surface area contributed by atoms with Crippen LogP contribution in [0.1, 0.15) is 54.8 Å². The zero-order chi connectivity index (χ0) is 35.5. The predicted molar refractivity (Wildman–Crippen MR) is 178 cm³/mol. The summed E-state index contributed by atoms with van der Waals surface area (Å²) in [5, 5.41) is 0. The van der Waals surface area contributed by atoms with E-state index >= 15 is 0 Å². The molecule has 0 radical (unpaired) electrons. The molecule has 11 nitrogen and oxygen atoms in total. The Morgan fingerprint density at radius 3 is 1.30 bits per heavy atom. The van der Waals surface area contributed by atoms with Crippen molar-refractivity contribution in [2.75, 3.05) is 13.7 Å². The molecule has 6 atom stereocenters. The lowest BCUT2D eigenvalue weighted by Gasteiger charge is -2.45. The van der Waals surface area contributed by atoms with Crippen molar-refractivity contribution in [2.24, 2.45) is 5.92 Å². The van der Waals surface area contributed by atoms with Crippen LogP contribution in [0.5, 0.6) is 0 Å². The third-order valence-corrected chi connectivity index (χ3v) is 8.07. The van der Waals surface area contributed by atoms with E-state index in [2.05, 4.69) is 0 Å². The molecule has 0 amide bonds. The summed E-state index contributed by atoms with van der Waals surface area (Å²) in [5.74, 6) is -4.41. The predicted octanol–water partition coefficient (Wildman–Crippen LogP) is 5.49. The van der Waals surface area contributed by atoms with E-state index in [0.29, 0.717) is 0 Å². The number of carbonyl (C=O) groups is 5. The molecule has 1 heterocycles. The first kappa shape index (κ1) is 35.5. The summed E-state index contributed by atoms with van der Waals surface area (Å²) in [5.41, 5.74) is 0.808. The smallest absolute Gasteiger partial charge is 0.338 e. The molecule has 0 bridgehead atoms. The van der Waals surface area contributed by atoms with Gasteiger partial charge in [-0.2, -0.15) is 0 Å². The lowest BCUT2D eigenvalue weighted by Crippen LogP contribution is -2.63. The average molecular weight is 681 g/mol. The molecule has 0 N–H and O–H groups in total. The Hall–Kier alpha value is -5.81. The number of methoxy groups -OCH3 is 1. The highest BCUT2D eigenvalue weighted by Gasteiger charge is 2.53. The maximum Gasteiger partial charge on any atom is 0.338 e. The average Bonchev–Trinajstić information content (AvgIpc) is 3.16. The molecule has 1 aliphatic heterocycles. The fourth-order valence-corrected chi connectivity index (χ4v) is 5.49. The Labute approximate surface area is 289 Å². The van der Waals surface area contributed by atoms with Gasteiger partial charge in [0, 0.05) is 0 Å². The molecule has 1 fully saturated rings. The zero-order valence-electron chi connectivity index (χ0n) is 27.4. The van der Waals surface area contributed by atoms with Gasteiger partial charge in [-0.05, 0) is 55.0 Å². The Morgan fingerprint density at radius 1 is 0.540 bits per heavy atom. The second kappa shape index (κ2) is 17.0. The van der Waals surface area contributed by atoms with Gasteiger partial charge in [0.2, 0.25) is 0 Å². The Kier molecular flexibility index (Phi) is 12.1. The van der Waals surface area contributed by atoms with Crippen molar-refractivity contribution in [3.05, 3.63) is 144 Å². The summed E-state index contributed by atoms with van der Waals surface area (Å²) < 4.78 is 35.1. The third kappa shape index (κ3) is 9.00. The summed E-state index contributed by atoms with van der Waals surface area (Å²) in [7, 11) is 1.24. The summed E-state index contributed by atoms with van der Waals surface area (Å²) in [6.45, 7) is 1.14. The molecular formula is C39H36O11. The van der Waals surface area contributed by atoms with Gasteiger partial charge in [-0.3, -0.25) is 4.79 Å². The van der Waals surface area contributed by atoms with Crippen molar-refractivity contribution in [3.8, 4) is 0 Å². The number of carbonyl (C=O) groups excluding carboxylic acids is 5. The van der Waals surface area contributed by atoms with Gasteiger partial charge < -0.3 is 28.4 Å². The van der Waals surface area contributed by atoms with Gasteiger partial charge in [-0.25, -0.2) is 19.2 Å². The van der Waals surface area contributed by atoms with Crippen LogP contribution < -0.4 is 0 Å². The van der Waals surface area contributed by atoms with Crippen molar-refractivity contribution in [1.29, 1.82) is 0 Å². The maximum atomic E-state index is 13.7. The number of benzene rings is 4. The van der Waals surface area contributed by atoms with Crippen LogP contribution in [0, 0.1) is 5.92 Å². The second-order valence-electron chi connectivity index (χ2n) is 11.5. The van der Waals surface area contributed by atoms with Gasteiger partial charge in [0.15, 0.2) is 18.3 Å². The largest absolute Gasteiger partial charge is 0.469 e. The summed E-state index contributed by atoms with van der Waals surface area (Å²) in [6.07, 6.45) is -6.80. The van der Waals surface area contributed by atoms with Crippen LogP contribution >= 0.6 is 0 Å². The van der Waals surface area contributed by atoms with Crippen molar-refractivity contribution in [1.82, 2.24) is 0 Å². The Bertz CT molecular complexity index is 1750. The maximum absolute atomic E-state index is 13.7. The Balaban J connectivity index is 1.57. The van der Waals surface area contributed by atoms with Crippen LogP contribution in [0.4, 0.5) is 0 Å². The molecule has 50 heavy (non-hydrogen) atoms. The molecule has 0 saturated carbocycles. The van der Waals surface area contributed by atoms with E-state index in [9.17, 15) is 24.0 Å². The standard InChI is InChI=1S/C39H36O11/c1-25(35(40)45-2)23-30-32(48-37(42)27-17-9-4-10-18-27)34(50-39(44)29-21-13-6-14-22-29)33(49-38(43)28-19-11-5-12-20-28)31(47-30)24-46-36(41)26-15-7-3-8-16-26/h3-22,25,30-34H,23-24H2,1-2H3/t25-,30+,31+,32-,33+,34+/m0/s1. The summed E-state index contributed by atoms with van der Waals surface area (Å²) >= 11 is 0. The number of esters is 5. The van der Waals surface area contributed by atoms with E-state index in [1.807, 2.05) is 0 Å². The fraction of sp³-hybridized carbons (Fsp3) is 0.256. The molecule has 1 aliphatic rings. The van der Waals surface area contributed by atoms with Gasteiger partial charge in [-0.15, -0.1) is 0 Å². The molecular weight excluding hydrogens is 644 g/mol. The lowest BCUT2D eigenvalue weighted by molar-refractivity contribution is -0.232. The van der Waals surface area contributed by atoms with Crippen LogP contribution in [-0.2, 0) is 33.2 Å². The normalized spacial score (nSPS) is 20.4. The number of hydrogen-bond donors (Lipinski definition) is 0. The molecule has 258 valence electrons. The molecule has 0 aromatic heterocycles. The summed E-state index contributed by atoms with van der Waals surface area (Å²) in [6, 6.07) is 32.5. The lowest BCUT2D eigenvalue weighted by atomic mass is 9.89. The van der Waals surface area contributed by atoms with Gasteiger partial charge >= 0.3 is 29.8 Å². The molecule has 11 heteroatoms. The molecule has 0 aliphatic carbocycles. The molecule has 0 unspecified atom stereocenters. The van der Waals surface area contributed by atoms with E-state index in [0.717, 1.165) is 0 Å². The van der Waals surface area contributed by atoms with Crippen LogP contribution in [-0.4, -0.2) is 74.1 Å². The van der Waals surface area contributed by atoms with Crippen molar-refractivity contribution >= 4 is 29.8 Å². The topological polar surface area (TPSA) is 141 Å². The number of hydrogen-bond acceptors (Lipinski definition) is 11. The van der Waals surface area contributed by atoms with Crippen LogP contribution in [0.2, 0.25) is 0 Å². The first-order valence-electron chi connectivity index (χ1n) is 16.0. The van der Waals surface area contributed by atoms with E-state index in [4.69, 9.17) is 28.4 Å². The van der Waals surface area contributed by atoms with Gasteiger partial charge in [0.1, 0.15) is 12.7 Å². The molecule has 4 aromatic rings. The minimum Gasteiger partial charge on any atom is -0.469 e. The van der Waals surface area contributed by atoms with Gasteiger partial charge in [-0.1, -0.05) is 79.7 Å². The minimum atomic E-state index is -1.49. The zero-order valence-corrected chi connectivity index (χ0v) is 27.4. The van der Waals surface area contributed by atoms with E-state index in [-0.39, 0.29) is 28.7 Å². The highest BCUT2D eigenvalue weighted by atomic mass is 16.7. The first-order valence-corrected chi connectivity index (χ1v) is 16.0. The van der Waals surface area contributed by atoms with E-state index in [1.165, 1.54) is 31.4 Å². The van der Waals surface area contributed by atoms with Gasteiger partial charge in [0.25, 0.3) is 0 Å². The molecule has 5 rings (SSSR count). The highest BCUT2D eigenvalue weighted by molar-refractivity contribution is 5.91. The van der Waals surface area contributed by atoms with Crippen molar-refractivity contribution in [3.63, 3.8) is 0 Å². The monoisotopic (exact) mass is 680 g/mol. The third-order valence-electron chi connectivity index (χ3n) is 8.07. The molecule has 0 spiro atoms. The Morgan fingerprint density at radius 2 is 0.900 bits per heavy atom. The highest BCUT2D eigenvalue weighted by Crippen LogP contribution is 2.34. The second-order valence-corrected chi connectivity index (χ2v) is 11.5. The molecule has 4 aromatic carbocycles. The van der Waals surface area contributed by atoms with Crippen molar-refractivity contribution < 1.29 is 52.4 Å². The number of ether oxygens (including phenoxy) is 6. The van der Waals surface area contributed by atoms with Crippen LogP contribution in [0.15, 0.2) is 121 Å². The quantitative estimate of drug-likeness (QED) is 0.139.